The lowest BCUT2D eigenvalue weighted by Gasteiger charge is -2.17. The number of hydrogen-bond donors (Lipinski definition) is 1. The molecule has 1 aromatic heterocycles. The minimum atomic E-state index is -0.228. The van der Waals surface area contributed by atoms with E-state index in [9.17, 15) is 0 Å². The number of hydrogen-bond acceptors (Lipinski definition) is 4. The average Bonchev–Trinajstić information content (AvgIpc) is 2.49. The fraction of sp³-hybridized carbons (Fsp3) is 0.353. The molecule has 1 aromatic carbocycles. The normalized spacial score (nSPS) is 12.0. The van der Waals surface area contributed by atoms with Gasteiger partial charge < -0.3 is 15.2 Å². The highest BCUT2D eigenvalue weighted by atomic mass is 16.5. The van der Waals surface area contributed by atoms with Crippen LogP contribution in [0.2, 0.25) is 0 Å². The molecular weight excluding hydrogens is 264 g/mol. The van der Waals surface area contributed by atoms with E-state index in [-0.39, 0.29) is 6.04 Å². The maximum Gasteiger partial charge on any atom is 0.161 e. The fourth-order valence-electron chi connectivity index (χ4n) is 2.24. The molecule has 0 saturated heterocycles. The third kappa shape index (κ3) is 3.52. The number of aryl methyl sites for hydroxylation is 1. The summed E-state index contributed by atoms with van der Waals surface area (Å²) in [6, 6.07) is 7.58. The van der Waals surface area contributed by atoms with Gasteiger partial charge in [-0.15, -0.1) is 0 Å². The Morgan fingerprint density at radius 3 is 2.48 bits per heavy atom. The van der Waals surface area contributed by atoms with Crippen molar-refractivity contribution in [1.29, 1.82) is 0 Å². The van der Waals surface area contributed by atoms with Gasteiger partial charge in [0, 0.05) is 12.4 Å². The van der Waals surface area contributed by atoms with Crippen LogP contribution >= 0.6 is 0 Å². The zero-order valence-corrected chi connectivity index (χ0v) is 12.8. The number of nitrogens with zero attached hydrogens (tertiary/aromatic N) is 1. The fourth-order valence-corrected chi connectivity index (χ4v) is 2.24. The Morgan fingerprint density at radius 1 is 1.10 bits per heavy atom. The molecule has 1 atom stereocenters. The van der Waals surface area contributed by atoms with Gasteiger partial charge in [0.15, 0.2) is 11.5 Å². The van der Waals surface area contributed by atoms with Crippen molar-refractivity contribution in [1.82, 2.24) is 4.98 Å². The molecule has 0 radical (unpaired) electrons. The molecule has 4 nitrogen and oxygen atoms in total. The van der Waals surface area contributed by atoms with Crippen LogP contribution in [-0.4, -0.2) is 18.2 Å². The summed E-state index contributed by atoms with van der Waals surface area (Å²) in [6.45, 7) is 7.13. The quantitative estimate of drug-likeness (QED) is 0.885. The standard InChI is InChI=1S/C17H22N2O2/c1-4-20-15-7-6-13(10-16(15)21-5-2)17(18)14-11-19-9-8-12(14)3/h6-11,17H,4-5,18H2,1-3H3. The molecule has 2 aromatic rings. The number of rotatable bonds is 6. The molecule has 21 heavy (non-hydrogen) atoms. The van der Waals surface area contributed by atoms with Crippen molar-refractivity contribution in [2.75, 3.05) is 13.2 Å². The van der Waals surface area contributed by atoms with E-state index in [0.717, 1.165) is 28.2 Å². The van der Waals surface area contributed by atoms with Gasteiger partial charge in [-0.05, 0) is 55.7 Å². The topological polar surface area (TPSA) is 57.4 Å². The molecule has 0 aliphatic heterocycles. The molecule has 1 unspecified atom stereocenters. The Kier molecular flexibility index (Phi) is 5.17. The first-order valence-electron chi connectivity index (χ1n) is 7.23. The summed E-state index contributed by atoms with van der Waals surface area (Å²) in [6.07, 6.45) is 3.59. The second-order valence-corrected chi connectivity index (χ2v) is 4.78. The minimum absolute atomic E-state index is 0.228. The van der Waals surface area contributed by atoms with Gasteiger partial charge in [-0.2, -0.15) is 0 Å². The van der Waals surface area contributed by atoms with E-state index in [1.807, 2.05) is 51.2 Å². The largest absolute Gasteiger partial charge is 0.490 e. The van der Waals surface area contributed by atoms with Gasteiger partial charge in [0.05, 0.1) is 19.3 Å². The van der Waals surface area contributed by atoms with Crippen LogP contribution in [0.25, 0.3) is 0 Å². The Labute approximate surface area is 125 Å². The lowest BCUT2D eigenvalue weighted by Crippen LogP contribution is -2.14. The summed E-state index contributed by atoms with van der Waals surface area (Å²) in [5.74, 6) is 1.48. The molecule has 2 N–H and O–H groups in total. The molecule has 0 fully saturated rings. The molecule has 0 aliphatic rings. The predicted octanol–water partition coefficient (Wildman–Crippen LogP) is 3.24. The first kappa shape index (κ1) is 15.3. The van der Waals surface area contributed by atoms with E-state index in [1.54, 1.807) is 6.20 Å². The second-order valence-electron chi connectivity index (χ2n) is 4.78. The number of aromatic nitrogens is 1. The first-order chi connectivity index (χ1) is 10.2. The van der Waals surface area contributed by atoms with E-state index in [4.69, 9.17) is 15.2 Å². The molecule has 0 aliphatic carbocycles. The number of pyridine rings is 1. The monoisotopic (exact) mass is 286 g/mol. The Bertz CT molecular complexity index is 599. The van der Waals surface area contributed by atoms with Crippen molar-refractivity contribution in [2.24, 2.45) is 5.73 Å². The van der Waals surface area contributed by atoms with E-state index >= 15 is 0 Å². The van der Waals surface area contributed by atoms with Crippen molar-refractivity contribution in [2.45, 2.75) is 26.8 Å². The van der Waals surface area contributed by atoms with E-state index in [1.165, 1.54) is 0 Å². The summed E-state index contributed by atoms with van der Waals surface area (Å²) in [4.78, 5) is 4.16. The molecule has 0 bridgehead atoms. The van der Waals surface area contributed by atoms with Crippen LogP contribution < -0.4 is 15.2 Å². The zero-order chi connectivity index (χ0) is 15.2. The van der Waals surface area contributed by atoms with Crippen molar-refractivity contribution in [3.8, 4) is 11.5 Å². The molecule has 0 amide bonds. The molecule has 4 heteroatoms. The van der Waals surface area contributed by atoms with Gasteiger partial charge in [-0.1, -0.05) is 6.07 Å². The molecule has 0 saturated carbocycles. The van der Waals surface area contributed by atoms with Crippen molar-refractivity contribution < 1.29 is 9.47 Å². The van der Waals surface area contributed by atoms with Gasteiger partial charge in [0.2, 0.25) is 0 Å². The summed E-state index contributed by atoms with van der Waals surface area (Å²) in [7, 11) is 0. The summed E-state index contributed by atoms with van der Waals surface area (Å²) in [5.41, 5.74) is 9.50. The maximum atomic E-state index is 6.37. The molecule has 1 heterocycles. The summed E-state index contributed by atoms with van der Waals surface area (Å²) >= 11 is 0. The molecule has 112 valence electrons. The van der Waals surface area contributed by atoms with Crippen LogP contribution in [-0.2, 0) is 0 Å². The molecule has 2 rings (SSSR count). The highest BCUT2D eigenvalue weighted by Crippen LogP contribution is 2.32. The van der Waals surface area contributed by atoms with Gasteiger partial charge in [0.1, 0.15) is 0 Å². The van der Waals surface area contributed by atoms with Crippen LogP contribution in [0.1, 0.15) is 36.6 Å². The third-order valence-corrected chi connectivity index (χ3v) is 3.34. The zero-order valence-electron chi connectivity index (χ0n) is 12.8. The SMILES string of the molecule is CCOc1ccc(C(N)c2cnccc2C)cc1OCC. The lowest BCUT2D eigenvalue weighted by molar-refractivity contribution is 0.287. The summed E-state index contributed by atoms with van der Waals surface area (Å²) in [5, 5.41) is 0. The summed E-state index contributed by atoms with van der Waals surface area (Å²) < 4.78 is 11.2. The minimum Gasteiger partial charge on any atom is -0.490 e. The van der Waals surface area contributed by atoms with Crippen LogP contribution in [0.3, 0.4) is 0 Å². The van der Waals surface area contributed by atoms with Crippen molar-refractivity contribution in [3.63, 3.8) is 0 Å². The number of benzene rings is 1. The smallest absolute Gasteiger partial charge is 0.161 e. The van der Waals surface area contributed by atoms with Crippen molar-refractivity contribution in [3.05, 3.63) is 53.3 Å². The Balaban J connectivity index is 2.35. The highest BCUT2D eigenvalue weighted by Gasteiger charge is 2.14. The molecule has 0 spiro atoms. The van der Waals surface area contributed by atoms with Gasteiger partial charge >= 0.3 is 0 Å². The van der Waals surface area contributed by atoms with Crippen LogP contribution in [0.5, 0.6) is 11.5 Å². The van der Waals surface area contributed by atoms with Crippen LogP contribution in [0.4, 0.5) is 0 Å². The Hall–Kier alpha value is -2.07. The predicted molar refractivity (Wildman–Crippen MR) is 83.8 cm³/mol. The Morgan fingerprint density at radius 2 is 1.81 bits per heavy atom. The molecular formula is C17H22N2O2. The second kappa shape index (κ2) is 7.09. The van der Waals surface area contributed by atoms with Gasteiger partial charge in [-0.3, -0.25) is 4.98 Å². The third-order valence-electron chi connectivity index (χ3n) is 3.34. The van der Waals surface area contributed by atoms with Gasteiger partial charge in [0.25, 0.3) is 0 Å². The van der Waals surface area contributed by atoms with E-state index in [2.05, 4.69) is 4.98 Å². The van der Waals surface area contributed by atoms with Crippen LogP contribution in [0.15, 0.2) is 36.7 Å². The van der Waals surface area contributed by atoms with Crippen LogP contribution in [0, 0.1) is 6.92 Å². The van der Waals surface area contributed by atoms with E-state index in [0.29, 0.717) is 13.2 Å². The number of ether oxygens (including phenoxy) is 2. The maximum absolute atomic E-state index is 6.37. The highest BCUT2D eigenvalue weighted by molar-refractivity contribution is 5.46. The first-order valence-corrected chi connectivity index (χ1v) is 7.23. The van der Waals surface area contributed by atoms with E-state index < -0.39 is 0 Å². The lowest BCUT2D eigenvalue weighted by atomic mass is 9.97. The van der Waals surface area contributed by atoms with Gasteiger partial charge in [-0.25, -0.2) is 0 Å². The average molecular weight is 286 g/mol. The number of nitrogens with two attached hydrogens (primary N) is 1. The van der Waals surface area contributed by atoms with Crippen molar-refractivity contribution >= 4 is 0 Å².